The maximum Gasteiger partial charge on any atom is 0.338 e. The van der Waals surface area contributed by atoms with Crippen LogP contribution < -0.4 is 5.73 Å². The molecule has 0 radical (unpaired) electrons. The largest absolute Gasteiger partial charge is 0.465 e. The number of nitrogens with two attached hydrogens (primary N) is 1. The minimum Gasteiger partial charge on any atom is -0.465 e. The molecule has 7 nitrogen and oxygen atoms in total. The third-order valence-corrected chi connectivity index (χ3v) is 3.87. The highest BCUT2D eigenvalue weighted by atomic mass is 35.5. The van der Waals surface area contributed by atoms with E-state index in [4.69, 9.17) is 26.8 Å². The lowest BCUT2D eigenvalue weighted by molar-refractivity contribution is -0.144. The van der Waals surface area contributed by atoms with Crippen LogP contribution in [-0.2, 0) is 20.7 Å². The fourth-order valence-corrected chi connectivity index (χ4v) is 2.59. The quantitative estimate of drug-likeness (QED) is 0.738. The Hall–Kier alpha value is -2.51. The van der Waals surface area contributed by atoms with Crippen LogP contribution in [0.25, 0.3) is 11.4 Å². The molecule has 0 aliphatic rings. The molecule has 8 heteroatoms. The first-order chi connectivity index (χ1) is 12.5. The minimum absolute atomic E-state index is 0.125. The number of benzene rings is 1. The van der Waals surface area contributed by atoms with Gasteiger partial charge < -0.3 is 15.2 Å². The topological polar surface area (TPSA) is 104 Å². The molecule has 1 aromatic carbocycles. The molecule has 1 aromatic heterocycles. The molecule has 0 amide bonds. The molecular weight excluding hydrogens is 358 g/mol. The lowest BCUT2D eigenvalue weighted by Crippen LogP contribution is -2.34. The Morgan fingerprint density at radius 1 is 1.15 bits per heavy atom. The smallest absolute Gasteiger partial charge is 0.338 e. The van der Waals surface area contributed by atoms with Crippen molar-refractivity contribution in [3.05, 3.63) is 46.7 Å². The van der Waals surface area contributed by atoms with E-state index in [1.807, 2.05) is 0 Å². The number of aromatic nitrogens is 2. The highest BCUT2D eigenvalue weighted by Gasteiger charge is 2.22. The molecule has 0 fully saturated rings. The van der Waals surface area contributed by atoms with Crippen LogP contribution >= 0.6 is 11.6 Å². The molecule has 26 heavy (non-hydrogen) atoms. The molecule has 1 heterocycles. The van der Waals surface area contributed by atoms with Crippen molar-refractivity contribution in [1.29, 1.82) is 0 Å². The number of carbonyl (C=O) groups is 2. The highest BCUT2D eigenvalue weighted by Crippen LogP contribution is 2.29. The van der Waals surface area contributed by atoms with E-state index < -0.39 is 18.0 Å². The second-order valence-electron chi connectivity index (χ2n) is 5.34. The molecule has 1 unspecified atom stereocenters. The summed E-state index contributed by atoms with van der Waals surface area (Å²) in [5.74, 6) is -0.715. The van der Waals surface area contributed by atoms with Crippen LogP contribution in [0.3, 0.4) is 0 Å². The maximum atomic E-state index is 12.4. The SMILES string of the molecule is CCOC(=O)c1cc(CC(N)C(=O)OCC)c(Cl)cc1-c1ncccn1. The summed E-state index contributed by atoms with van der Waals surface area (Å²) in [5, 5.41) is 0.347. The summed E-state index contributed by atoms with van der Waals surface area (Å²) in [6.45, 7) is 3.86. The van der Waals surface area contributed by atoms with Gasteiger partial charge in [0, 0.05) is 23.0 Å². The van der Waals surface area contributed by atoms with E-state index in [-0.39, 0.29) is 25.2 Å². The van der Waals surface area contributed by atoms with Gasteiger partial charge >= 0.3 is 11.9 Å². The van der Waals surface area contributed by atoms with Crippen molar-refractivity contribution < 1.29 is 19.1 Å². The van der Waals surface area contributed by atoms with Crippen LogP contribution in [0.4, 0.5) is 0 Å². The van der Waals surface area contributed by atoms with Gasteiger partial charge in [0.1, 0.15) is 6.04 Å². The number of nitrogens with zero attached hydrogens (tertiary/aromatic N) is 2. The average Bonchev–Trinajstić information content (AvgIpc) is 2.64. The van der Waals surface area contributed by atoms with Crippen molar-refractivity contribution >= 4 is 23.5 Å². The van der Waals surface area contributed by atoms with Gasteiger partial charge in [-0.3, -0.25) is 4.79 Å². The van der Waals surface area contributed by atoms with Crippen LogP contribution in [-0.4, -0.2) is 41.2 Å². The van der Waals surface area contributed by atoms with Gasteiger partial charge in [-0.2, -0.15) is 0 Å². The Morgan fingerprint density at radius 3 is 2.42 bits per heavy atom. The summed E-state index contributed by atoms with van der Waals surface area (Å²) in [4.78, 5) is 32.5. The van der Waals surface area contributed by atoms with Gasteiger partial charge in [0.15, 0.2) is 5.82 Å². The van der Waals surface area contributed by atoms with E-state index in [0.717, 1.165) is 0 Å². The molecule has 0 spiro atoms. The van der Waals surface area contributed by atoms with Crippen molar-refractivity contribution in [2.45, 2.75) is 26.3 Å². The van der Waals surface area contributed by atoms with Gasteiger partial charge in [0.2, 0.25) is 0 Å². The normalized spacial score (nSPS) is 11.7. The zero-order chi connectivity index (χ0) is 19.1. The number of rotatable bonds is 7. The first-order valence-electron chi connectivity index (χ1n) is 8.17. The first-order valence-corrected chi connectivity index (χ1v) is 8.54. The number of ether oxygens (including phenoxy) is 2. The number of carbonyl (C=O) groups excluding carboxylic acids is 2. The summed E-state index contributed by atoms with van der Waals surface area (Å²) in [7, 11) is 0. The van der Waals surface area contributed by atoms with Crippen LogP contribution in [0.2, 0.25) is 5.02 Å². The van der Waals surface area contributed by atoms with E-state index in [1.54, 1.807) is 44.4 Å². The molecule has 138 valence electrons. The fraction of sp³-hybridized carbons (Fsp3) is 0.333. The van der Waals surface area contributed by atoms with Crippen LogP contribution in [0, 0.1) is 0 Å². The Labute approximate surface area is 156 Å². The molecule has 0 bridgehead atoms. The molecule has 0 saturated carbocycles. The predicted octanol–water partition coefficient (Wildman–Crippen LogP) is 2.41. The fourth-order valence-electron chi connectivity index (χ4n) is 2.34. The van der Waals surface area contributed by atoms with Gasteiger partial charge in [-0.15, -0.1) is 0 Å². The van der Waals surface area contributed by atoms with Crippen LogP contribution in [0.15, 0.2) is 30.6 Å². The molecule has 0 aliphatic heterocycles. The van der Waals surface area contributed by atoms with Gasteiger partial charge in [0.05, 0.1) is 18.8 Å². The standard InChI is InChI=1S/C18H20ClN3O4/c1-3-25-17(23)13-8-11(9-15(20)18(24)26-4-2)14(19)10-12(13)16-21-6-5-7-22-16/h5-8,10,15H,3-4,9,20H2,1-2H3. The zero-order valence-electron chi connectivity index (χ0n) is 14.6. The summed E-state index contributed by atoms with van der Waals surface area (Å²) < 4.78 is 10.0. The van der Waals surface area contributed by atoms with Crippen molar-refractivity contribution in [2.24, 2.45) is 5.73 Å². The van der Waals surface area contributed by atoms with E-state index in [2.05, 4.69) is 9.97 Å². The number of hydrogen-bond donors (Lipinski definition) is 1. The van der Waals surface area contributed by atoms with Gasteiger partial charge in [-0.05, 0) is 44.0 Å². The van der Waals surface area contributed by atoms with E-state index in [9.17, 15) is 9.59 Å². The third kappa shape index (κ3) is 4.77. The predicted molar refractivity (Wildman–Crippen MR) is 96.7 cm³/mol. The Balaban J connectivity index is 2.44. The summed E-state index contributed by atoms with van der Waals surface area (Å²) in [6.07, 6.45) is 3.26. The molecule has 1 atom stereocenters. The number of halogens is 1. The molecule has 0 saturated heterocycles. The van der Waals surface area contributed by atoms with E-state index >= 15 is 0 Å². The third-order valence-electron chi connectivity index (χ3n) is 3.52. The molecule has 2 rings (SSSR count). The second kappa shape index (κ2) is 9.26. The highest BCUT2D eigenvalue weighted by molar-refractivity contribution is 6.32. The number of hydrogen-bond acceptors (Lipinski definition) is 7. The lowest BCUT2D eigenvalue weighted by atomic mass is 9.99. The maximum absolute atomic E-state index is 12.4. The van der Waals surface area contributed by atoms with Gasteiger partial charge in [-0.1, -0.05) is 11.6 Å². The van der Waals surface area contributed by atoms with Crippen molar-refractivity contribution in [3.8, 4) is 11.4 Å². The summed E-state index contributed by atoms with van der Waals surface area (Å²) >= 11 is 6.34. The first kappa shape index (κ1) is 19.8. The van der Waals surface area contributed by atoms with Crippen LogP contribution in [0.1, 0.15) is 29.8 Å². The monoisotopic (exact) mass is 377 g/mol. The van der Waals surface area contributed by atoms with Gasteiger partial charge in [0.25, 0.3) is 0 Å². The lowest BCUT2D eigenvalue weighted by Gasteiger charge is -2.15. The second-order valence-corrected chi connectivity index (χ2v) is 5.75. The van der Waals surface area contributed by atoms with Crippen molar-refractivity contribution in [1.82, 2.24) is 9.97 Å². The Morgan fingerprint density at radius 2 is 1.81 bits per heavy atom. The summed E-state index contributed by atoms with van der Waals surface area (Å²) in [5.41, 5.74) is 7.11. The minimum atomic E-state index is -0.888. The van der Waals surface area contributed by atoms with Gasteiger partial charge in [-0.25, -0.2) is 14.8 Å². The van der Waals surface area contributed by atoms with Crippen molar-refractivity contribution in [3.63, 3.8) is 0 Å². The van der Waals surface area contributed by atoms with E-state index in [1.165, 1.54) is 0 Å². The van der Waals surface area contributed by atoms with Crippen LogP contribution in [0.5, 0.6) is 0 Å². The van der Waals surface area contributed by atoms with Crippen molar-refractivity contribution in [2.75, 3.05) is 13.2 Å². The summed E-state index contributed by atoms with van der Waals surface area (Å²) in [6, 6.07) is 3.92. The Bertz CT molecular complexity index is 784. The molecule has 0 aliphatic carbocycles. The molecule has 2 aromatic rings. The number of esters is 2. The Kier molecular flexibility index (Phi) is 7.06. The van der Waals surface area contributed by atoms with E-state index in [0.29, 0.717) is 22.0 Å². The molecular formula is C18H20ClN3O4. The molecule has 2 N–H and O–H groups in total. The zero-order valence-corrected chi connectivity index (χ0v) is 15.3. The average molecular weight is 378 g/mol.